The molecule has 2 aromatic carbocycles. The van der Waals surface area contributed by atoms with Crippen molar-refractivity contribution in [1.82, 2.24) is 10.6 Å². The van der Waals surface area contributed by atoms with Crippen molar-refractivity contribution in [1.29, 1.82) is 0 Å². The van der Waals surface area contributed by atoms with Crippen LogP contribution < -0.4 is 15.4 Å². The SMILES string of the molecule is O=C(Cc1c(Cl)cccc1Cl)NCCc1ccc(OCC(=O)NC2CC2)cc1. The Labute approximate surface area is 174 Å². The molecule has 5 nitrogen and oxygen atoms in total. The topological polar surface area (TPSA) is 67.4 Å². The molecule has 0 bridgehead atoms. The smallest absolute Gasteiger partial charge is 0.258 e. The standard InChI is InChI=1S/C21H22Cl2N2O3/c22-18-2-1-3-19(23)17(18)12-20(26)24-11-10-14-4-8-16(9-5-14)28-13-21(27)25-15-6-7-15/h1-5,8-9,15H,6-7,10-13H2,(H,24,26)(H,25,27). The Bertz CT molecular complexity index is 816. The minimum absolute atomic E-state index is 0.0243. The molecule has 0 atom stereocenters. The van der Waals surface area contributed by atoms with E-state index in [0.717, 1.165) is 18.4 Å². The minimum Gasteiger partial charge on any atom is -0.484 e. The van der Waals surface area contributed by atoms with Gasteiger partial charge in [-0.15, -0.1) is 0 Å². The van der Waals surface area contributed by atoms with Crippen molar-refractivity contribution in [3.63, 3.8) is 0 Å². The molecule has 3 rings (SSSR count). The number of carbonyl (C=O) groups excluding carboxylic acids is 2. The molecule has 7 heteroatoms. The molecule has 0 saturated heterocycles. The lowest BCUT2D eigenvalue weighted by atomic mass is 10.1. The van der Waals surface area contributed by atoms with Crippen molar-refractivity contribution < 1.29 is 14.3 Å². The van der Waals surface area contributed by atoms with Crippen molar-refractivity contribution in [2.24, 2.45) is 0 Å². The third kappa shape index (κ3) is 6.43. The van der Waals surface area contributed by atoms with Gasteiger partial charge < -0.3 is 15.4 Å². The first kappa shape index (κ1) is 20.5. The van der Waals surface area contributed by atoms with E-state index in [1.807, 2.05) is 24.3 Å². The van der Waals surface area contributed by atoms with Crippen LogP contribution in [0.15, 0.2) is 42.5 Å². The van der Waals surface area contributed by atoms with Gasteiger partial charge in [0.1, 0.15) is 5.75 Å². The molecule has 2 N–H and O–H groups in total. The predicted octanol–water partition coefficient (Wildman–Crippen LogP) is 3.55. The lowest BCUT2D eigenvalue weighted by Gasteiger charge is -2.09. The van der Waals surface area contributed by atoms with Gasteiger partial charge in [-0.25, -0.2) is 0 Å². The summed E-state index contributed by atoms with van der Waals surface area (Å²) in [5.74, 6) is 0.427. The second kappa shape index (κ2) is 9.80. The third-order valence-electron chi connectivity index (χ3n) is 4.37. The molecule has 0 heterocycles. The van der Waals surface area contributed by atoms with Crippen LogP contribution in [0, 0.1) is 0 Å². The molecular weight excluding hydrogens is 399 g/mol. The fraction of sp³-hybridized carbons (Fsp3) is 0.333. The van der Waals surface area contributed by atoms with Crippen LogP contribution in [0.3, 0.4) is 0 Å². The Kier molecular flexibility index (Phi) is 7.18. The van der Waals surface area contributed by atoms with Crippen molar-refractivity contribution in [2.45, 2.75) is 31.7 Å². The summed E-state index contributed by atoms with van der Waals surface area (Å²) in [7, 11) is 0. The minimum atomic E-state index is -0.128. The highest BCUT2D eigenvalue weighted by atomic mass is 35.5. The van der Waals surface area contributed by atoms with Gasteiger partial charge in [0.05, 0.1) is 6.42 Å². The van der Waals surface area contributed by atoms with Crippen molar-refractivity contribution >= 4 is 35.0 Å². The Hall–Kier alpha value is -2.24. The summed E-state index contributed by atoms with van der Waals surface area (Å²) in [4.78, 5) is 23.7. The molecule has 0 radical (unpaired) electrons. The Morgan fingerprint density at radius 1 is 1.00 bits per heavy atom. The van der Waals surface area contributed by atoms with Gasteiger partial charge in [-0.05, 0) is 54.7 Å². The number of carbonyl (C=O) groups is 2. The first-order chi connectivity index (χ1) is 13.5. The lowest BCUT2D eigenvalue weighted by Crippen LogP contribution is -2.30. The average molecular weight is 421 g/mol. The van der Waals surface area contributed by atoms with Gasteiger partial charge >= 0.3 is 0 Å². The number of amides is 2. The number of benzene rings is 2. The number of halogens is 2. The fourth-order valence-electron chi connectivity index (χ4n) is 2.67. The van der Waals surface area contributed by atoms with Gasteiger partial charge in [-0.2, -0.15) is 0 Å². The van der Waals surface area contributed by atoms with Crippen LogP contribution >= 0.6 is 23.2 Å². The summed E-state index contributed by atoms with van der Waals surface area (Å²) in [5.41, 5.74) is 1.70. The summed E-state index contributed by atoms with van der Waals surface area (Å²) >= 11 is 12.2. The summed E-state index contributed by atoms with van der Waals surface area (Å²) in [5, 5.41) is 6.73. The molecule has 1 aliphatic carbocycles. The number of hydrogen-bond donors (Lipinski definition) is 2. The van der Waals surface area contributed by atoms with E-state index in [9.17, 15) is 9.59 Å². The van der Waals surface area contributed by atoms with Gasteiger partial charge in [-0.1, -0.05) is 41.4 Å². The highest BCUT2D eigenvalue weighted by Gasteiger charge is 2.23. The molecule has 0 unspecified atom stereocenters. The zero-order valence-corrected chi connectivity index (χ0v) is 16.9. The molecule has 2 aromatic rings. The van der Waals surface area contributed by atoms with Crippen molar-refractivity contribution in [3.05, 3.63) is 63.6 Å². The quantitative estimate of drug-likeness (QED) is 0.651. The second-order valence-corrected chi connectivity index (χ2v) is 7.57. The molecule has 1 aliphatic rings. The van der Waals surface area contributed by atoms with Crippen LogP contribution in [0.4, 0.5) is 0 Å². The first-order valence-corrected chi connectivity index (χ1v) is 9.97. The van der Waals surface area contributed by atoms with Gasteiger partial charge in [0.2, 0.25) is 5.91 Å². The van der Waals surface area contributed by atoms with E-state index in [1.165, 1.54) is 0 Å². The molecule has 148 valence electrons. The van der Waals surface area contributed by atoms with E-state index in [1.54, 1.807) is 18.2 Å². The lowest BCUT2D eigenvalue weighted by molar-refractivity contribution is -0.123. The highest BCUT2D eigenvalue weighted by molar-refractivity contribution is 6.36. The van der Waals surface area contributed by atoms with E-state index < -0.39 is 0 Å². The summed E-state index contributed by atoms with van der Waals surface area (Å²) in [6.07, 6.45) is 2.95. The van der Waals surface area contributed by atoms with Gasteiger partial charge in [-0.3, -0.25) is 9.59 Å². The number of hydrogen-bond acceptors (Lipinski definition) is 3. The monoisotopic (exact) mass is 420 g/mol. The van der Waals surface area contributed by atoms with E-state index >= 15 is 0 Å². The zero-order valence-electron chi connectivity index (χ0n) is 15.3. The van der Waals surface area contributed by atoms with E-state index in [0.29, 0.717) is 40.4 Å². The van der Waals surface area contributed by atoms with Gasteiger partial charge in [0.15, 0.2) is 6.61 Å². The second-order valence-electron chi connectivity index (χ2n) is 6.75. The maximum absolute atomic E-state index is 12.1. The number of ether oxygens (including phenoxy) is 1. The predicted molar refractivity (Wildman–Crippen MR) is 110 cm³/mol. The van der Waals surface area contributed by atoms with E-state index in [4.69, 9.17) is 27.9 Å². The molecule has 0 aromatic heterocycles. The average Bonchev–Trinajstić information content (AvgIpc) is 3.48. The highest BCUT2D eigenvalue weighted by Crippen LogP contribution is 2.24. The van der Waals surface area contributed by atoms with E-state index in [2.05, 4.69) is 10.6 Å². The first-order valence-electron chi connectivity index (χ1n) is 9.22. The largest absolute Gasteiger partial charge is 0.484 e. The van der Waals surface area contributed by atoms with E-state index in [-0.39, 0.29) is 24.8 Å². The fourth-order valence-corrected chi connectivity index (χ4v) is 3.20. The van der Waals surface area contributed by atoms with Gasteiger partial charge in [0.25, 0.3) is 5.91 Å². The normalized spacial score (nSPS) is 13.1. The van der Waals surface area contributed by atoms with Crippen LogP contribution in [0.1, 0.15) is 24.0 Å². The Balaban J connectivity index is 1.38. The van der Waals surface area contributed by atoms with Crippen LogP contribution in [-0.2, 0) is 22.4 Å². The molecule has 0 spiro atoms. The Morgan fingerprint density at radius 2 is 1.68 bits per heavy atom. The Morgan fingerprint density at radius 3 is 2.32 bits per heavy atom. The van der Waals surface area contributed by atoms with Crippen LogP contribution in [-0.4, -0.2) is 31.0 Å². The van der Waals surface area contributed by atoms with Crippen LogP contribution in [0.25, 0.3) is 0 Å². The number of rotatable bonds is 9. The van der Waals surface area contributed by atoms with Crippen molar-refractivity contribution in [3.8, 4) is 5.75 Å². The van der Waals surface area contributed by atoms with Crippen molar-refractivity contribution in [2.75, 3.05) is 13.2 Å². The summed E-state index contributed by atoms with van der Waals surface area (Å²) in [6, 6.07) is 13.0. The maximum atomic E-state index is 12.1. The molecule has 1 fully saturated rings. The van der Waals surface area contributed by atoms with Crippen LogP contribution in [0.5, 0.6) is 5.75 Å². The molecule has 2 amide bonds. The molecule has 0 aliphatic heterocycles. The third-order valence-corrected chi connectivity index (χ3v) is 5.08. The summed E-state index contributed by atoms with van der Waals surface area (Å²) in [6.45, 7) is 0.529. The molecular formula is C21H22Cl2N2O3. The maximum Gasteiger partial charge on any atom is 0.258 e. The molecule has 28 heavy (non-hydrogen) atoms. The van der Waals surface area contributed by atoms with Gasteiger partial charge in [0, 0.05) is 22.6 Å². The zero-order chi connectivity index (χ0) is 19.9. The summed E-state index contributed by atoms with van der Waals surface area (Å²) < 4.78 is 5.48. The van der Waals surface area contributed by atoms with Crippen LogP contribution in [0.2, 0.25) is 10.0 Å². The molecule has 1 saturated carbocycles. The number of nitrogens with one attached hydrogen (secondary N) is 2.